The minimum Gasteiger partial charge on any atom is -0.493 e. The molecule has 6 nitrogen and oxygen atoms in total. The molecule has 0 spiro atoms. The summed E-state index contributed by atoms with van der Waals surface area (Å²) in [5, 5.41) is 2.68. The Balaban J connectivity index is 2.06. The molecule has 7 heteroatoms. The first kappa shape index (κ1) is 16.8. The van der Waals surface area contributed by atoms with Crippen molar-refractivity contribution in [1.29, 1.82) is 0 Å². The number of primary amides is 1. The summed E-state index contributed by atoms with van der Waals surface area (Å²) in [7, 11) is 1.44. The van der Waals surface area contributed by atoms with Gasteiger partial charge >= 0.3 is 0 Å². The third kappa shape index (κ3) is 4.46. The van der Waals surface area contributed by atoms with Crippen LogP contribution in [0.1, 0.15) is 10.4 Å². The number of hydrogen-bond acceptors (Lipinski definition) is 4. The number of halogens is 1. The molecule has 0 aliphatic rings. The van der Waals surface area contributed by atoms with Gasteiger partial charge in [-0.05, 0) is 36.4 Å². The number of anilines is 1. The summed E-state index contributed by atoms with van der Waals surface area (Å²) in [6.45, 7) is -0.281. The minimum atomic E-state index is -0.660. The highest BCUT2D eigenvalue weighted by molar-refractivity contribution is 9.10. The maximum absolute atomic E-state index is 11.9. The first-order valence-corrected chi connectivity index (χ1v) is 7.45. The second-order valence-electron chi connectivity index (χ2n) is 4.54. The van der Waals surface area contributed by atoms with Crippen molar-refractivity contribution in [3.8, 4) is 11.5 Å². The number of carbonyl (C=O) groups excluding carboxylic acids is 2. The molecular weight excluding hydrogens is 364 g/mol. The highest BCUT2D eigenvalue weighted by atomic mass is 79.9. The Morgan fingerprint density at radius 1 is 1.17 bits per heavy atom. The monoisotopic (exact) mass is 378 g/mol. The van der Waals surface area contributed by atoms with Crippen LogP contribution in [0.5, 0.6) is 11.5 Å². The van der Waals surface area contributed by atoms with Crippen LogP contribution < -0.4 is 20.5 Å². The van der Waals surface area contributed by atoms with E-state index in [9.17, 15) is 9.59 Å². The number of nitrogens with two attached hydrogens (primary N) is 1. The van der Waals surface area contributed by atoms with Crippen LogP contribution in [-0.4, -0.2) is 25.5 Å². The van der Waals surface area contributed by atoms with Crippen LogP contribution in [-0.2, 0) is 4.79 Å². The standard InChI is InChI=1S/C16H15BrN2O4/c1-22-13-4-2-3-12(16(18)21)15(13)23-9-14(20)19-11-7-5-10(17)6-8-11/h2-8H,9H2,1H3,(H2,18,21)(H,19,20). The van der Waals surface area contributed by atoms with Gasteiger partial charge in [0.15, 0.2) is 18.1 Å². The van der Waals surface area contributed by atoms with E-state index in [1.807, 2.05) is 12.1 Å². The number of nitrogens with one attached hydrogen (secondary N) is 1. The third-order valence-corrected chi connectivity index (χ3v) is 3.47. The van der Waals surface area contributed by atoms with E-state index in [2.05, 4.69) is 21.2 Å². The minimum absolute atomic E-state index is 0.147. The molecule has 0 atom stereocenters. The van der Waals surface area contributed by atoms with Gasteiger partial charge in [-0.2, -0.15) is 0 Å². The zero-order chi connectivity index (χ0) is 16.8. The van der Waals surface area contributed by atoms with Gasteiger partial charge in [-0.15, -0.1) is 0 Å². The fourth-order valence-electron chi connectivity index (χ4n) is 1.89. The van der Waals surface area contributed by atoms with Gasteiger partial charge < -0.3 is 20.5 Å². The fraction of sp³-hybridized carbons (Fsp3) is 0.125. The molecule has 0 radical (unpaired) electrons. The average molecular weight is 379 g/mol. The van der Waals surface area contributed by atoms with Crippen molar-refractivity contribution >= 4 is 33.4 Å². The van der Waals surface area contributed by atoms with Gasteiger partial charge in [-0.1, -0.05) is 22.0 Å². The van der Waals surface area contributed by atoms with E-state index in [0.717, 1.165) is 4.47 Å². The molecule has 0 heterocycles. The van der Waals surface area contributed by atoms with Crippen LogP contribution in [0.4, 0.5) is 5.69 Å². The number of para-hydroxylation sites is 1. The summed E-state index contributed by atoms with van der Waals surface area (Å²) >= 11 is 3.32. The number of hydrogen-bond donors (Lipinski definition) is 2. The molecule has 23 heavy (non-hydrogen) atoms. The highest BCUT2D eigenvalue weighted by Crippen LogP contribution is 2.30. The molecule has 2 aromatic rings. The van der Waals surface area contributed by atoms with Gasteiger partial charge in [0.1, 0.15) is 0 Å². The van der Waals surface area contributed by atoms with Crippen molar-refractivity contribution in [1.82, 2.24) is 0 Å². The lowest BCUT2D eigenvalue weighted by Gasteiger charge is -2.13. The molecule has 2 amide bonds. The second kappa shape index (κ2) is 7.64. The highest BCUT2D eigenvalue weighted by Gasteiger charge is 2.16. The van der Waals surface area contributed by atoms with E-state index in [1.165, 1.54) is 13.2 Å². The molecule has 0 aliphatic carbocycles. The summed E-state index contributed by atoms with van der Waals surface area (Å²) in [4.78, 5) is 23.4. The number of rotatable bonds is 6. The van der Waals surface area contributed by atoms with Crippen LogP contribution in [0, 0.1) is 0 Å². The summed E-state index contributed by atoms with van der Waals surface area (Å²) < 4.78 is 11.5. The SMILES string of the molecule is COc1cccc(C(N)=O)c1OCC(=O)Nc1ccc(Br)cc1. The van der Waals surface area contributed by atoms with E-state index < -0.39 is 5.91 Å². The van der Waals surface area contributed by atoms with Crippen molar-refractivity contribution in [3.05, 3.63) is 52.5 Å². The first-order valence-electron chi connectivity index (χ1n) is 6.66. The van der Waals surface area contributed by atoms with Gasteiger partial charge in [0.25, 0.3) is 11.8 Å². The molecule has 0 aromatic heterocycles. The van der Waals surface area contributed by atoms with Crippen LogP contribution in [0.3, 0.4) is 0 Å². The Morgan fingerprint density at radius 3 is 2.48 bits per heavy atom. The average Bonchev–Trinajstić information content (AvgIpc) is 2.54. The number of carbonyl (C=O) groups is 2. The molecule has 2 rings (SSSR count). The van der Waals surface area contributed by atoms with Crippen molar-refractivity contribution in [2.45, 2.75) is 0 Å². The summed E-state index contributed by atoms with van der Waals surface area (Å²) in [5.74, 6) is -0.549. The van der Waals surface area contributed by atoms with E-state index in [0.29, 0.717) is 11.4 Å². The molecule has 0 aliphatic heterocycles. The maximum atomic E-state index is 11.9. The van der Waals surface area contributed by atoms with Crippen LogP contribution in [0.2, 0.25) is 0 Å². The van der Waals surface area contributed by atoms with Gasteiger partial charge in [0.2, 0.25) is 0 Å². The molecule has 0 unspecified atom stereocenters. The topological polar surface area (TPSA) is 90.7 Å². The van der Waals surface area contributed by atoms with Crippen molar-refractivity contribution in [3.63, 3.8) is 0 Å². The van der Waals surface area contributed by atoms with E-state index in [1.54, 1.807) is 24.3 Å². The molecule has 0 saturated carbocycles. The molecular formula is C16H15BrN2O4. The maximum Gasteiger partial charge on any atom is 0.262 e. The summed E-state index contributed by atoms with van der Waals surface area (Å²) in [5.41, 5.74) is 6.09. The van der Waals surface area contributed by atoms with Gasteiger partial charge in [0.05, 0.1) is 12.7 Å². The number of amides is 2. The van der Waals surface area contributed by atoms with Crippen molar-refractivity contribution in [2.24, 2.45) is 5.73 Å². The number of ether oxygens (including phenoxy) is 2. The largest absolute Gasteiger partial charge is 0.493 e. The van der Waals surface area contributed by atoms with Crippen LogP contribution in [0.15, 0.2) is 46.9 Å². The Hall–Kier alpha value is -2.54. The second-order valence-corrected chi connectivity index (χ2v) is 5.46. The quantitative estimate of drug-likeness (QED) is 0.807. The van der Waals surface area contributed by atoms with Crippen molar-refractivity contribution < 1.29 is 19.1 Å². The third-order valence-electron chi connectivity index (χ3n) is 2.94. The van der Waals surface area contributed by atoms with Crippen LogP contribution >= 0.6 is 15.9 Å². The smallest absolute Gasteiger partial charge is 0.262 e. The van der Waals surface area contributed by atoms with Gasteiger partial charge in [-0.3, -0.25) is 9.59 Å². The Morgan fingerprint density at radius 2 is 1.87 bits per heavy atom. The fourth-order valence-corrected chi connectivity index (χ4v) is 2.15. The van der Waals surface area contributed by atoms with Crippen LogP contribution in [0.25, 0.3) is 0 Å². The number of benzene rings is 2. The predicted molar refractivity (Wildman–Crippen MR) is 89.8 cm³/mol. The van der Waals surface area contributed by atoms with Gasteiger partial charge in [-0.25, -0.2) is 0 Å². The zero-order valence-electron chi connectivity index (χ0n) is 12.3. The molecule has 0 bridgehead atoms. The zero-order valence-corrected chi connectivity index (χ0v) is 13.9. The summed E-state index contributed by atoms with van der Waals surface area (Å²) in [6.07, 6.45) is 0. The Kier molecular flexibility index (Phi) is 5.59. The molecule has 120 valence electrons. The van der Waals surface area contributed by atoms with E-state index in [4.69, 9.17) is 15.2 Å². The van der Waals surface area contributed by atoms with Crippen molar-refractivity contribution in [2.75, 3.05) is 19.0 Å². The lowest BCUT2D eigenvalue weighted by Crippen LogP contribution is -2.22. The van der Waals surface area contributed by atoms with Gasteiger partial charge in [0, 0.05) is 10.2 Å². The molecule has 0 fully saturated rings. The first-order chi connectivity index (χ1) is 11.0. The predicted octanol–water partition coefficient (Wildman–Crippen LogP) is 2.57. The normalized spacial score (nSPS) is 10.0. The Bertz CT molecular complexity index is 717. The molecule has 2 aromatic carbocycles. The Labute approximate surface area is 141 Å². The summed E-state index contributed by atoms with van der Waals surface area (Å²) in [6, 6.07) is 11.9. The van der Waals surface area contributed by atoms with E-state index >= 15 is 0 Å². The van der Waals surface area contributed by atoms with E-state index in [-0.39, 0.29) is 23.8 Å². The molecule has 3 N–H and O–H groups in total. The lowest BCUT2D eigenvalue weighted by molar-refractivity contribution is -0.118. The molecule has 0 saturated heterocycles. The lowest BCUT2D eigenvalue weighted by atomic mass is 10.2. The number of methoxy groups -OCH3 is 1.